The van der Waals surface area contributed by atoms with Gasteiger partial charge in [0, 0.05) is 24.2 Å². The maximum absolute atomic E-state index is 3.31. The predicted molar refractivity (Wildman–Crippen MR) is 101 cm³/mol. The molecule has 0 saturated carbocycles. The Balaban J connectivity index is 1.50. The van der Waals surface area contributed by atoms with E-state index in [2.05, 4.69) is 73.1 Å². The van der Waals surface area contributed by atoms with Crippen LogP contribution in [0.25, 0.3) is 0 Å². The molecule has 1 aliphatic rings. The number of hydrogen-bond donors (Lipinski definition) is 0. The van der Waals surface area contributed by atoms with Crippen molar-refractivity contribution in [3.8, 4) is 11.8 Å². The molecule has 0 bridgehead atoms. The third-order valence-electron chi connectivity index (χ3n) is 4.43. The molecule has 0 N–H and O–H groups in total. The normalized spacial score (nSPS) is 15.7. The van der Waals surface area contributed by atoms with E-state index in [1.807, 2.05) is 18.2 Å². The maximum Gasteiger partial charge on any atom is 0.0691 e. The quantitative estimate of drug-likeness (QED) is 0.406. The molecule has 1 fully saturated rings. The lowest BCUT2D eigenvalue weighted by atomic mass is 10.1. The largest absolute Gasteiger partial charge is 0.360 e. The van der Waals surface area contributed by atoms with Gasteiger partial charge in [0.15, 0.2) is 0 Å². The van der Waals surface area contributed by atoms with Gasteiger partial charge in [-0.15, -0.1) is 0 Å². The zero-order chi connectivity index (χ0) is 16.8. The molecule has 0 spiro atoms. The lowest BCUT2D eigenvalue weighted by molar-refractivity contribution is 0.490. The highest BCUT2D eigenvalue weighted by atomic mass is 15.3. The predicted octanol–water partition coefficient (Wildman–Crippen LogP) is 5.39. The second kappa shape index (κ2) is 7.88. The Bertz CT molecular complexity index is 743. The second-order valence-electron chi connectivity index (χ2n) is 6.57. The fourth-order valence-electron chi connectivity index (χ4n) is 3.24. The first kappa shape index (κ1) is 16.4. The number of hydrogen-bond acceptors (Lipinski definition) is 1. The van der Waals surface area contributed by atoms with Gasteiger partial charge in [-0.1, -0.05) is 65.9 Å². The van der Waals surface area contributed by atoms with Gasteiger partial charge in [-0.3, -0.25) is 0 Å². The Labute approximate surface area is 146 Å². The van der Waals surface area contributed by atoms with Crippen LogP contribution < -0.4 is 0 Å². The Morgan fingerprint density at radius 3 is 2.29 bits per heavy atom. The SMILES string of the molecule is CC(C)=C1C(CCCC#Cc2ccccc2)N1Cc1ccccc1. The van der Waals surface area contributed by atoms with Crippen LogP contribution in [0, 0.1) is 11.8 Å². The van der Waals surface area contributed by atoms with Gasteiger partial charge < -0.3 is 4.90 Å². The summed E-state index contributed by atoms with van der Waals surface area (Å²) >= 11 is 0. The summed E-state index contributed by atoms with van der Waals surface area (Å²) in [6.07, 6.45) is 3.34. The van der Waals surface area contributed by atoms with E-state index >= 15 is 0 Å². The summed E-state index contributed by atoms with van der Waals surface area (Å²) in [5.74, 6) is 6.56. The second-order valence-corrected chi connectivity index (χ2v) is 6.57. The van der Waals surface area contributed by atoms with E-state index in [0.717, 1.165) is 24.9 Å². The van der Waals surface area contributed by atoms with Crippen molar-refractivity contribution >= 4 is 0 Å². The third kappa shape index (κ3) is 4.30. The summed E-state index contributed by atoms with van der Waals surface area (Å²) in [4.78, 5) is 2.54. The van der Waals surface area contributed by atoms with Gasteiger partial charge >= 0.3 is 0 Å². The molecule has 1 aliphatic heterocycles. The van der Waals surface area contributed by atoms with Crippen LogP contribution >= 0.6 is 0 Å². The molecule has 1 atom stereocenters. The number of rotatable bonds is 5. The van der Waals surface area contributed by atoms with E-state index in [4.69, 9.17) is 0 Å². The summed E-state index contributed by atoms with van der Waals surface area (Å²) in [5.41, 5.74) is 5.49. The van der Waals surface area contributed by atoms with Crippen molar-refractivity contribution in [1.29, 1.82) is 0 Å². The van der Waals surface area contributed by atoms with Crippen LogP contribution in [0.2, 0.25) is 0 Å². The van der Waals surface area contributed by atoms with E-state index < -0.39 is 0 Å². The molecule has 1 heterocycles. The van der Waals surface area contributed by atoms with E-state index in [-0.39, 0.29) is 0 Å². The third-order valence-corrected chi connectivity index (χ3v) is 4.43. The van der Waals surface area contributed by atoms with Gasteiger partial charge in [-0.25, -0.2) is 0 Å². The highest BCUT2D eigenvalue weighted by Crippen LogP contribution is 2.40. The first-order chi connectivity index (χ1) is 11.8. The number of benzene rings is 2. The molecule has 1 nitrogen and oxygen atoms in total. The Morgan fingerprint density at radius 1 is 0.958 bits per heavy atom. The fourth-order valence-corrected chi connectivity index (χ4v) is 3.24. The Hall–Kier alpha value is -2.46. The number of nitrogens with zero attached hydrogens (tertiary/aromatic N) is 1. The molecule has 2 aromatic rings. The molecule has 0 radical (unpaired) electrons. The zero-order valence-electron chi connectivity index (χ0n) is 14.6. The molecule has 0 amide bonds. The van der Waals surface area contributed by atoms with Gasteiger partial charge in [-0.2, -0.15) is 0 Å². The zero-order valence-corrected chi connectivity index (χ0v) is 14.6. The van der Waals surface area contributed by atoms with Crippen LogP contribution in [-0.4, -0.2) is 10.9 Å². The number of unbranched alkanes of at least 4 members (excludes halogenated alkanes) is 1. The van der Waals surface area contributed by atoms with Crippen LogP contribution in [0.5, 0.6) is 0 Å². The standard InChI is InChI=1S/C23H25N/c1-19(2)23-22(24(23)18-21-15-9-4-10-16-21)17-11-5-8-14-20-12-6-3-7-13-20/h3-4,6-7,9-10,12-13,15-16,22H,5,11,17-18H2,1-2H3. The van der Waals surface area contributed by atoms with Crippen molar-refractivity contribution in [1.82, 2.24) is 4.90 Å². The summed E-state index contributed by atoms with van der Waals surface area (Å²) in [5, 5.41) is 0. The van der Waals surface area contributed by atoms with Crippen LogP contribution in [-0.2, 0) is 6.54 Å². The summed E-state index contributed by atoms with van der Waals surface area (Å²) in [6.45, 7) is 5.48. The van der Waals surface area contributed by atoms with E-state index in [1.165, 1.54) is 23.3 Å². The monoisotopic (exact) mass is 315 g/mol. The van der Waals surface area contributed by atoms with Crippen LogP contribution in [0.3, 0.4) is 0 Å². The first-order valence-electron chi connectivity index (χ1n) is 8.77. The van der Waals surface area contributed by atoms with Crippen LogP contribution in [0.1, 0.15) is 44.2 Å². The van der Waals surface area contributed by atoms with Crippen LogP contribution in [0.15, 0.2) is 71.9 Å². The summed E-state index contributed by atoms with van der Waals surface area (Å²) in [7, 11) is 0. The van der Waals surface area contributed by atoms with Crippen molar-refractivity contribution in [2.45, 2.75) is 45.7 Å². The molecule has 122 valence electrons. The van der Waals surface area contributed by atoms with Crippen molar-refractivity contribution in [3.05, 3.63) is 83.1 Å². The smallest absolute Gasteiger partial charge is 0.0691 e. The topological polar surface area (TPSA) is 3.01 Å². The van der Waals surface area contributed by atoms with Gasteiger partial charge in [0.25, 0.3) is 0 Å². The highest BCUT2D eigenvalue weighted by molar-refractivity contribution is 5.34. The molecular formula is C23H25N. The Kier molecular flexibility index (Phi) is 5.39. The fraction of sp³-hybridized carbons (Fsp3) is 0.304. The van der Waals surface area contributed by atoms with Gasteiger partial charge in [0.2, 0.25) is 0 Å². The molecule has 0 aliphatic carbocycles. The van der Waals surface area contributed by atoms with Crippen molar-refractivity contribution < 1.29 is 0 Å². The van der Waals surface area contributed by atoms with E-state index in [1.54, 1.807) is 0 Å². The highest BCUT2D eigenvalue weighted by Gasteiger charge is 2.40. The molecule has 3 rings (SSSR count). The average Bonchev–Trinajstić information content (AvgIpc) is 3.29. The lowest BCUT2D eigenvalue weighted by Crippen LogP contribution is -2.01. The van der Waals surface area contributed by atoms with Gasteiger partial charge in [0.05, 0.1) is 6.04 Å². The maximum atomic E-state index is 3.31. The minimum Gasteiger partial charge on any atom is -0.360 e. The summed E-state index contributed by atoms with van der Waals surface area (Å²) < 4.78 is 0. The average molecular weight is 315 g/mol. The van der Waals surface area contributed by atoms with Crippen molar-refractivity contribution in [3.63, 3.8) is 0 Å². The minimum atomic E-state index is 0.619. The van der Waals surface area contributed by atoms with Gasteiger partial charge in [0.1, 0.15) is 0 Å². The molecule has 0 aromatic heterocycles. The van der Waals surface area contributed by atoms with Crippen LogP contribution in [0.4, 0.5) is 0 Å². The lowest BCUT2D eigenvalue weighted by Gasteiger charge is -2.04. The summed E-state index contributed by atoms with van der Waals surface area (Å²) in [6, 6.07) is 21.6. The van der Waals surface area contributed by atoms with E-state index in [0.29, 0.717) is 6.04 Å². The van der Waals surface area contributed by atoms with Crippen molar-refractivity contribution in [2.24, 2.45) is 0 Å². The molecule has 1 saturated heterocycles. The molecule has 24 heavy (non-hydrogen) atoms. The minimum absolute atomic E-state index is 0.619. The van der Waals surface area contributed by atoms with Gasteiger partial charge in [-0.05, 0) is 44.4 Å². The van der Waals surface area contributed by atoms with E-state index in [9.17, 15) is 0 Å². The molecule has 2 aromatic carbocycles. The first-order valence-corrected chi connectivity index (χ1v) is 8.77. The molecule has 1 unspecified atom stereocenters. The molecular weight excluding hydrogens is 290 g/mol. The van der Waals surface area contributed by atoms with Crippen molar-refractivity contribution in [2.75, 3.05) is 0 Å². The number of allylic oxidation sites excluding steroid dienone is 1. The molecule has 1 heteroatoms. The Morgan fingerprint density at radius 2 is 1.62 bits per heavy atom.